The van der Waals surface area contributed by atoms with E-state index in [1.165, 1.54) is 43.9 Å². The molecule has 0 spiro atoms. The topological polar surface area (TPSA) is 50.7 Å². The van der Waals surface area contributed by atoms with Crippen molar-refractivity contribution in [2.75, 3.05) is 6.61 Å². The number of hydrogen-bond acceptors (Lipinski definition) is 4. The van der Waals surface area contributed by atoms with Crippen molar-refractivity contribution in [2.45, 2.75) is 45.4 Å². The predicted octanol–water partition coefficient (Wildman–Crippen LogP) is 7.62. The minimum absolute atomic E-state index is 0.183. The fourth-order valence-corrected chi connectivity index (χ4v) is 4.33. The molecule has 0 aliphatic carbocycles. The Kier molecular flexibility index (Phi) is 9.31. The number of thioether (sulfide) groups is 1. The SMILES string of the molecule is CCCCCCCCOc1ccc(/C=C2/SC(=Nc3ccc(Cl)cc3Cl)NC2=O)cc1. The molecule has 1 N–H and O–H groups in total. The van der Waals surface area contributed by atoms with E-state index in [1.807, 2.05) is 30.3 Å². The van der Waals surface area contributed by atoms with Crippen molar-refractivity contribution in [1.29, 1.82) is 0 Å². The first-order valence-corrected chi connectivity index (χ1v) is 12.1. The summed E-state index contributed by atoms with van der Waals surface area (Å²) >= 11 is 13.4. The number of nitrogens with zero attached hydrogens (tertiary/aromatic N) is 1. The molecule has 0 atom stereocenters. The zero-order valence-electron chi connectivity index (χ0n) is 17.5. The number of benzene rings is 2. The predicted molar refractivity (Wildman–Crippen MR) is 133 cm³/mol. The fourth-order valence-electron chi connectivity index (χ4n) is 3.05. The van der Waals surface area contributed by atoms with Crippen LogP contribution in [0, 0.1) is 0 Å². The molecular weight excluding hydrogens is 451 g/mol. The van der Waals surface area contributed by atoms with Gasteiger partial charge in [-0.05, 0) is 60.2 Å². The van der Waals surface area contributed by atoms with Gasteiger partial charge in [0.15, 0.2) is 5.17 Å². The zero-order valence-corrected chi connectivity index (χ0v) is 19.8. The third-order valence-electron chi connectivity index (χ3n) is 4.73. The summed E-state index contributed by atoms with van der Waals surface area (Å²) in [5.74, 6) is 0.663. The van der Waals surface area contributed by atoms with E-state index in [-0.39, 0.29) is 5.91 Å². The monoisotopic (exact) mass is 476 g/mol. The molecule has 0 bridgehead atoms. The van der Waals surface area contributed by atoms with Gasteiger partial charge in [-0.2, -0.15) is 0 Å². The number of ether oxygens (including phenoxy) is 1. The Hall–Kier alpha value is -1.95. The largest absolute Gasteiger partial charge is 0.494 e. The second-order valence-electron chi connectivity index (χ2n) is 7.26. The summed E-state index contributed by atoms with van der Waals surface area (Å²) in [6.45, 7) is 2.96. The van der Waals surface area contributed by atoms with Crippen LogP contribution in [-0.2, 0) is 4.79 Å². The van der Waals surface area contributed by atoms with Gasteiger partial charge in [0.25, 0.3) is 5.91 Å². The average molecular weight is 477 g/mol. The Morgan fingerprint density at radius 3 is 2.52 bits per heavy atom. The van der Waals surface area contributed by atoms with Crippen molar-refractivity contribution in [3.63, 3.8) is 0 Å². The summed E-state index contributed by atoms with van der Waals surface area (Å²) in [6.07, 6.45) is 9.29. The van der Waals surface area contributed by atoms with E-state index in [1.54, 1.807) is 18.2 Å². The number of rotatable bonds is 10. The second kappa shape index (κ2) is 12.2. The number of nitrogens with one attached hydrogen (secondary N) is 1. The molecular formula is C24H26Cl2N2O2S. The van der Waals surface area contributed by atoms with Gasteiger partial charge < -0.3 is 10.1 Å². The van der Waals surface area contributed by atoms with Crippen LogP contribution in [0.5, 0.6) is 5.75 Å². The highest BCUT2D eigenvalue weighted by molar-refractivity contribution is 8.18. The Morgan fingerprint density at radius 1 is 1.03 bits per heavy atom. The van der Waals surface area contributed by atoms with Crippen LogP contribution in [0.3, 0.4) is 0 Å². The standard InChI is InChI=1S/C24H26Cl2N2O2S/c1-2-3-4-5-6-7-14-30-19-11-8-17(9-12-19)15-22-23(29)28-24(31-22)27-21-13-10-18(25)16-20(21)26/h8-13,15-16H,2-7,14H2,1H3,(H,27,28,29)/b22-15+. The molecule has 2 aromatic rings. The van der Waals surface area contributed by atoms with Crippen LogP contribution >= 0.6 is 35.0 Å². The molecule has 1 aliphatic rings. The lowest BCUT2D eigenvalue weighted by Crippen LogP contribution is -2.19. The molecule has 0 radical (unpaired) electrons. The van der Waals surface area contributed by atoms with Crippen molar-refractivity contribution in [3.8, 4) is 5.75 Å². The Morgan fingerprint density at radius 2 is 1.77 bits per heavy atom. The van der Waals surface area contributed by atoms with Gasteiger partial charge in [0.05, 0.1) is 22.2 Å². The molecule has 31 heavy (non-hydrogen) atoms. The highest BCUT2D eigenvalue weighted by Crippen LogP contribution is 2.32. The first-order chi connectivity index (χ1) is 15.0. The summed E-state index contributed by atoms with van der Waals surface area (Å²) in [7, 11) is 0. The van der Waals surface area contributed by atoms with Gasteiger partial charge in [0.2, 0.25) is 0 Å². The van der Waals surface area contributed by atoms with E-state index in [9.17, 15) is 4.79 Å². The van der Waals surface area contributed by atoms with Crippen molar-refractivity contribution < 1.29 is 9.53 Å². The van der Waals surface area contributed by atoms with Crippen LogP contribution in [0.1, 0.15) is 51.0 Å². The van der Waals surface area contributed by atoms with Crippen molar-refractivity contribution in [1.82, 2.24) is 5.32 Å². The Bertz CT molecular complexity index is 959. The molecule has 0 saturated carbocycles. The van der Waals surface area contributed by atoms with Crippen LogP contribution in [0.2, 0.25) is 10.0 Å². The number of amidine groups is 1. The van der Waals surface area contributed by atoms with Gasteiger partial charge in [0, 0.05) is 5.02 Å². The molecule has 164 valence electrons. The first-order valence-electron chi connectivity index (χ1n) is 10.5. The van der Waals surface area contributed by atoms with Crippen LogP contribution < -0.4 is 10.1 Å². The van der Waals surface area contributed by atoms with Gasteiger partial charge in [0.1, 0.15) is 5.75 Å². The number of halogens is 2. The molecule has 1 amide bonds. The summed E-state index contributed by atoms with van der Waals surface area (Å²) in [5.41, 5.74) is 1.48. The van der Waals surface area contributed by atoms with Gasteiger partial charge in [-0.3, -0.25) is 4.79 Å². The number of unbranched alkanes of at least 4 members (excludes halogenated alkanes) is 5. The van der Waals surface area contributed by atoms with Crippen LogP contribution in [0.4, 0.5) is 5.69 Å². The van der Waals surface area contributed by atoms with Crippen LogP contribution in [-0.4, -0.2) is 17.7 Å². The molecule has 0 aromatic heterocycles. The fraction of sp³-hybridized carbons (Fsp3) is 0.333. The lowest BCUT2D eigenvalue weighted by Gasteiger charge is -2.06. The summed E-state index contributed by atoms with van der Waals surface area (Å²) in [4.78, 5) is 17.3. The first kappa shape index (κ1) is 23.7. The molecule has 0 unspecified atom stereocenters. The molecule has 1 heterocycles. The number of carbonyl (C=O) groups excluding carboxylic acids is 1. The minimum Gasteiger partial charge on any atom is -0.494 e. The average Bonchev–Trinajstić information content (AvgIpc) is 3.09. The lowest BCUT2D eigenvalue weighted by atomic mass is 10.1. The van der Waals surface area contributed by atoms with E-state index in [0.717, 1.165) is 24.3 Å². The zero-order chi connectivity index (χ0) is 22.1. The van der Waals surface area contributed by atoms with Gasteiger partial charge >= 0.3 is 0 Å². The van der Waals surface area contributed by atoms with Crippen LogP contribution in [0.25, 0.3) is 6.08 Å². The van der Waals surface area contributed by atoms with Gasteiger partial charge in [-0.25, -0.2) is 4.99 Å². The Balaban J connectivity index is 1.53. The normalized spacial score (nSPS) is 16.2. The van der Waals surface area contributed by atoms with E-state index in [0.29, 0.717) is 25.8 Å². The third kappa shape index (κ3) is 7.60. The molecule has 7 heteroatoms. The van der Waals surface area contributed by atoms with E-state index < -0.39 is 0 Å². The minimum atomic E-state index is -0.183. The third-order valence-corrected chi connectivity index (χ3v) is 6.17. The quantitative estimate of drug-likeness (QED) is 0.283. The van der Waals surface area contributed by atoms with Crippen molar-refractivity contribution in [2.24, 2.45) is 4.99 Å². The number of amides is 1. The maximum atomic E-state index is 12.3. The molecule has 3 rings (SSSR count). The Labute approximate surface area is 198 Å². The van der Waals surface area contributed by atoms with Crippen molar-refractivity contribution in [3.05, 3.63) is 63.0 Å². The number of carbonyl (C=O) groups is 1. The lowest BCUT2D eigenvalue weighted by molar-refractivity contribution is -0.115. The van der Waals surface area contributed by atoms with Gasteiger partial charge in [-0.1, -0.05) is 74.4 Å². The van der Waals surface area contributed by atoms with E-state index >= 15 is 0 Å². The van der Waals surface area contributed by atoms with Crippen molar-refractivity contribution >= 4 is 57.8 Å². The maximum absolute atomic E-state index is 12.3. The van der Waals surface area contributed by atoms with E-state index in [4.69, 9.17) is 27.9 Å². The molecule has 4 nitrogen and oxygen atoms in total. The van der Waals surface area contributed by atoms with E-state index in [2.05, 4.69) is 17.2 Å². The molecule has 1 aliphatic heterocycles. The number of aliphatic imine (C=N–C) groups is 1. The smallest absolute Gasteiger partial charge is 0.264 e. The second-order valence-corrected chi connectivity index (χ2v) is 9.14. The summed E-state index contributed by atoms with van der Waals surface area (Å²) in [5, 5.41) is 4.23. The number of hydrogen-bond donors (Lipinski definition) is 1. The highest BCUT2D eigenvalue weighted by Gasteiger charge is 2.24. The molecule has 2 aromatic carbocycles. The molecule has 1 fully saturated rings. The van der Waals surface area contributed by atoms with Crippen LogP contribution in [0.15, 0.2) is 52.4 Å². The maximum Gasteiger partial charge on any atom is 0.264 e. The summed E-state index contributed by atoms with van der Waals surface area (Å²) < 4.78 is 5.82. The molecule has 1 saturated heterocycles. The van der Waals surface area contributed by atoms with Gasteiger partial charge in [-0.15, -0.1) is 0 Å². The highest BCUT2D eigenvalue weighted by atomic mass is 35.5. The summed E-state index contributed by atoms with van der Waals surface area (Å²) in [6, 6.07) is 12.8.